The van der Waals surface area contributed by atoms with Crippen LogP contribution in [-0.4, -0.2) is 78.1 Å². The lowest BCUT2D eigenvalue weighted by atomic mass is 9.78. The fourth-order valence-electron chi connectivity index (χ4n) is 5.89. The molecule has 1 saturated heterocycles. The molecule has 1 amide bonds. The van der Waals surface area contributed by atoms with E-state index in [1.165, 1.54) is 0 Å². The zero-order chi connectivity index (χ0) is 30.8. The highest BCUT2D eigenvalue weighted by atomic mass is 16.6. The van der Waals surface area contributed by atoms with Gasteiger partial charge in [-0.25, -0.2) is 4.79 Å². The van der Waals surface area contributed by atoms with Gasteiger partial charge < -0.3 is 38.1 Å². The smallest absolute Gasteiger partial charge is 0.328 e. The van der Waals surface area contributed by atoms with E-state index in [-0.39, 0.29) is 25.0 Å². The number of hydrogen-bond acceptors (Lipinski definition) is 9. The van der Waals surface area contributed by atoms with Gasteiger partial charge in [-0.05, 0) is 74.3 Å². The van der Waals surface area contributed by atoms with Gasteiger partial charge in [-0.3, -0.25) is 4.79 Å². The molecule has 4 rings (SSSR count). The van der Waals surface area contributed by atoms with Crippen LogP contribution in [0, 0.1) is 5.92 Å². The van der Waals surface area contributed by atoms with E-state index in [1.54, 1.807) is 58.6 Å². The van der Waals surface area contributed by atoms with Gasteiger partial charge in [0.1, 0.15) is 25.0 Å². The summed E-state index contributed by atoms with van der Waals surface area (Å²) in [5, 5.41) is 0. The minimum absolute atomic E-state index is 0.0301. The maximum absolute atomic E-state index is 14.4. The molecule has 1 unspecified atom stereocenters. The Morgan fingerprint density at radius 1 is 0.814 bits per heavy atom. The molecule has 3 atom stereocenters. The van der Waals surface area contributed by atoms with Crippen LogP contribution < -0.4 is 28.4 Å². The van der Waals surface area contributed by atoms with Crippen molar-refractivity contribution in [1.29, 1.82) is 0 Å². The quantitative estimate of drug-likeness (QED) is 0.176. The first-order chi connectivity index (χ1) is 20.9. The highest BCUT2D eigenvalue weighted by Gasteiger charge is 2.40. The number of rotatable bonds is 13. The first kappa shape index (κ1) is 31.8. The first-order valence-electron chi connectivity index (χ1n) is 14.7. The second-order valence-electron chi connectivity index (χ2n) is 10.5. The van der Waals surface area contributed by atoms with Crippen LogP contribution in [0.4, 0.5) is 0 Å². The maximum atomic E-state index is 14.4. The Morgan fingerprint density at radius 3 is 2.16 bits per heavy atom. The molecule has 43 heavy (non-hydrogen) atoms. The number of esters is 1. The number of hydrogen-bond donors (Lipinski definition) is 0. The summed E-state index contributed by atoms with van der Waals surface area (Å²) in [5.41, 5.74) is 0.761. The summed E-state index contributed by atoms with van der Waals surface area (Å²) < 4.78 is 38.7. The number of likely N-dealkylation sites (tertiary alicyclic amines) is 1. The minimum atomic E-state index is -0.667. The van der Waals surface area contributed by atoms with Gasteiger partial charge in [0.25, 0.3) is 0 Å². The molecule has 1 aliphatic carbocycles. The van der Waals surface area contributed by atoms with Crippen LogP contribution in [0.3, 0.4) is 0 Å². The molecule has 0 saturated carbocycles. The summed E-state index contributed by atoms with van der Waals surface area (Å²) in [6, 6.07) is 8.24. The van der Waals surface area contributed by atoms with Crippen molar-refractivity contribution in [2.45, 2.75) is 50.5 Å². The average Bonchev–Trinajstić information content (AvgIpc) is 3.06. The van der Waals surface area contributed by atoms with Crippen molar-refractivity contribution in [2.24, 2.45) is 5.92 Å². The fourth-order valence-corrected chi connectivity index (χ4v) is 5.89. The maximum Gasteiger partial charge on any atom is 0.328 e. The van der Waals surface area contributed by atoms with Crippen LogP contribution in [0.25, 0.3) is 0 Å². The number of piperidine rings is 1. The topological polar surface area (TPSA) is 102 Å². The summed E-state index contributed by atoms with van der Waals surface area (Å²) in [4.78, 5) is 29.5. The van der Waals surface area contributed by atoms with Gasteiger partial charge in [0, 0.05) is 12.6 Å². The average molecular weight is 598 g/mol. The molecule has 1 heterocycles. The van der Waals surface area contributed by atoms with Crippen LogP contribution in [0.1, 0.15) is 50.0 Å². The Morgan fingerprint density at radius 2 is 1.53 bits per heavy atom. The van der Waals surface area contributed by atoms with E-state index in [2.05, 4.69) is 12.2 Å². The van der Waals surface area contributed by atoms with E-state index in [9.17, 15) is 9.59 Å². The minimum Gasteiger partial charge on any atom is -0.493 e. The van der Waals surface area contributed by atoms with E-state index in [0.717, 1.165) is 37.7 Å². The van der Waals surface area contributed by atoms with Crippen LogP contribution in [0.15, 0.2) is 42.5 Å². The predicted molar refractivity (Wildman–Crippen MR) is 161 cm³/mol. The van der Waals surface area contributed by atoms with Gasteiger partial charge in [0.15, 0.2) is 23.0 Å². The number of methoxy groups -OCH3 is 5. The Bertz CT molecular complexity index is 1250. The Balaban J connectivity index is 1.50. The third-order valence-corrected chi connectivity index (χ3v) is 8.04. The number of ether oxygens (including phenoxy) is 7. The lowest BCUT2D eigenvalue weighted by Gasteiger charge is -2.38. The van der Waals surface area contributed by atoms with E-state index in [0.29, 0.717) is 47.5 Å². The van der Waals surface area contributed by atoms with Gasteiger partial charge in [-0.2, -0.15) is 0 Å². The predicted octanol–water partition coefficient (Wildman–Crippen LogP) is 5.17. The lowest BCUT2D eigenvalue weighted by molar-refractivity contribution is -0.158. The van der Waals surface area contributed by atoms with Gasteiger partial charge >= 0.3 is 5.97 Å². The summed E-state index contributed by atoms with van der Waals surface area (Å²) in [7, 11) is 7.79. The first-order valence-corrected chi connectivity index (χ1v) is 14.7. The second-order valence-corrected chi connectivity index (χ2v) is 10.5. The molecule has 1 fully saturated rings. The van der Waals surface area contributed by atoms with E-state index in [1.807, 2.05) is 12.1 Å². The molecule has 0 bridgehead atoms. The molecule has 10 heteroatoms. The lowest BCUT2D eigenvalue weighted by Crippen LogP contribution is -2.51. The van der Waals surface area contributed by atoms with Crippen molar-refractivity contribution in [3.8, 4) is 34.5 Å². The molecule has 2 aromatic rings. The van der Waals surface area contributed by atoms with E-state index < -0.39 is 17.9 Å². The number of carbonyl (C=O) groups excluding carboxylic acids is 2. The number of nitrogens with zero attached hydrogens (tertiary/aromatic N) is 1. The molecule has 2 aliphatic rings. The Labute approximate surface area is 253 Å². The molecule has 0 aromatic heterocycles. The molecule has 0 spiro atoms. The zero-order valence-corrected chi connectivity index (χ0v) is 25.8. The standard InChI is InChI=1S/C33H43NO9/c1-37-26-15-14-24(21-27(26)38-2)42-17-18-43-33(36)25-13-9-10-16-34(25)32(35)30(22-11-7-6-8-12-22)23-19-28(39-3)31(41-5)29(20-23)40-4/h7,11,14-15,19-22,25,30H,6,8-10,12-13,16-18H2,1-5H3/t22-,25?,30-/m0/s1. The van der Waals surface area contributed by atoms with E-state index >= 15 is 0 Å². The molecule has 234 valence electrons. The zero-order valence-electron chi connectivity index (χ0n) is 25.8. The van der Waals surface area contributed by atoms with Gasteiger partial charge in [-0.1, -0.05) is 12.2 Å². The van der Waals surface area contributed by atoms with Crippen molar-refractivity contribution in [3.05, 3.63) is 48.0 Å². The molecule has 0 radical (unpaired) electrons. The molecule has 0 N–H and O–H groups in total. The molecule has 10 nitrogen and oxygen atoms in total. The largest absolute Gasteiger partial charge is 0.493 e. The van der Waals surface area contributed by atoms with Gasteiger partial charge in [0.2, 0.25) is 11.7 Å². The number of allylic oxidation sites excluding steroid dienone is 2. The van der Waals surface area contributed by atoms with Crippen molar-refractivity contribution in [3.63, 3.8) is 0 Å². The third-order valence-electron chi connectivity index (χ3n) is 8.04. The van der Waals surface area contributed by atoms with Crippen LogP contribution in [0.2, 0.25) is 0 Å². The molecule has 1 aliphatic heterocycles. The van der Waals surface area contributed by atoms with Crippen LogP contribution >= 0.6 is 0 Å². The SMILES string of the molecule is COc1ccc(OCCOC(=O)C2CCCCN2C(=O)[C@H](c2cc(OC)c(OC)c(OC)c2)[C@H]2C=CCCC2)cc1OC. The third kappa shape index (κ3) is 7.47. The Kier molecular flexibility index (Phi) is 11.4. The summed E-state index contributed by atoms with van der Waals surface area (Å²) >= 11 is 0. The van der Waals surface area contributed by atoms with Crippen LogP contribution in [-0.2, 0) is 14.3 Å². The van der Waals surface area contributed by atoms with Crippen molar-refractivity contribution < 1.29 is 42.7 Å². The monoisotopic (exact) mass is 597 g/mol. The van der Waals surface area contributed by atoms with Gasteiger partial charge in [-0.15, -0.1) is 0 Å². The fraction of sp³-hybridized carbons (Fsp3) is 0.515. The number of benzene rings is 2. The molecule has 2 aromatic carbocycles. The van der Waals surface area contributed by atoms with Crippen molar-refractivity contribution in [1.82, 2.24) is 4.90 Å². The highest BCUT2D eigenvalue weighted by molar-refractivity contribution is 5.89. The van der Waals surface area contributed by atoms with E-state index in [4.69, 9.17) is 33.2 Å². The molecular weight excluding hydrogens is 554 g/mol. The highest BCUT2D eigenvalue weighted by Crippen LogP contribution is 2.44. The second kappa shape index (κ2) is 15.4. The normalized spacial score (nSPS) is 18.8. The van der Waals surface area contributed by atoms with Gasteiger partial charge in [0.05, 0.1) is 41.5 Å². The van der Waals surface area contributed by atoms with Crippen molar-refractivity contribution >= 4 is 11.9 Å². The number of carbonyl (C=O) groups is 2. The van der Waals surface area contributed by atoms with Crippen LogP contribution in [0.5, 0.6) is 34.5 Å². The number of amides is 1. The molecular formula is C33H43NO9. The van der Waals surface area contributed by atoms with Crippen molar-refractivity contribution in [2.75, 3.05) is 55.3 Å². The summed E-state index contributed by atoms with van der Waals surface area (Å²) in [6.07, 6.45) is 9.29. The summed E-state index contributed by atoms with van der Waals surface area (Å²) in [6.45, 7) is 0.689. The Hall–Kier alpha value is -4.08. The summed E-state index contributed by atoms with van der Waals surface area (Å²) in [5.74, 6) is 2.06.